The monoisotopic (exact) mass is 1160 g/mol. The minimum Gasteiger partial charge on any atom is -0.394 e. The number of hydrogen-bond acceptors (Lipinski definition) is 8. The lowest BCUT2D eigenvalue weighted by atomic mass is 9.99. The molecule has 482 valence electrons. The molecule has 1 amide bonds. The second-order valence-electron chi connectivity index (χ2n) is 24.3. The van der Waals surface area contributed by atoms with Crippen molar-refractivity contribution in [3.05, 3.63) is 85.1 Å². The van der Waals surface area contributed by atoms with Crippen LogP contribution in [0.25, 0.3) is 0 Å². The van der Waals surface area contributed by atoms with Crippen LogP contribution in [0.3, 0.4) is 0 Å². The van der Waals surface area contributed by atoms with Gasteiger partial charge < -0.3 is 40.3 Å². The molecule has 0 aliphatic carbocycles. The van der Waals surface area contributed by atoms with Gasteiger partial charge in [-0.25, -0.2) is 0 Å². The van der Waals surface area contributed by atoms with E-state index in [1.165, 1.54) is 231 Å². The standard InChI is InChI=1S/C74H133NO8/c1-3-5-7-9-11-13-15-17-19-21-23-24-25-26-27-28-29-30-31-32-33-34-35-36-37-38-39-40-41-42-43-44-46-48-50-52-54-56-58-60-62-64-70(78)75-67(66-82-74-73(81)72(80)71(79)69(65-76)83-74)68(77)63-61-59-57-55-53-51-49-47-45-22-20-18-16-14-12-10-8-6-4-2/h5,7,11,13,17,19,23-24,26-27,53,55,61,63,67-69,71-74,76-77,79-81H,3-4,6,8-10,12,14-16,18,20-22,25,28-52,54,56-60,62,64-66H2,1-2H3,(H,75,78)/b7-5-,13-11-,19-17-,24-23-,27-26-,55-53+,63-61+. The molecule has 7 atom stereocenters. The first-order valence-electron chi connectivity index (χ1n) is 35.3. The lowest BCUT2D eigenvalue weighted by Gasteiger charge is -2.40. The molecule has 0 aromatic heterocycles. The Morgan fingerprint density at radius 1 is 0.422 bits per heavy atom. The molecule has 0 spiro atoms. The Labute approximate surface area is 511 Å². The van der Waals surface area contributed by atoms with Gasteiger partial charge in [0.1, 0.15) is 24.4 Å². The van der Waals surface area contributed by atoms with Crippen LogP contribution < -0.4 is 5.32 Å². The van der Waals surface area contributed by atoms with Crippen LogP contribution in [0.1, 0.15) is 322 Å². The third-order valence-electron chi connectivity index (χ3n) is 16.5. The van der Waals surface area contributed by atoms with Crippen molar-refractivity contribution in [1.82, 2.24) is 5.32 Å². The molecule has 1 saturated heterocycles. The Bertz CT molecular complexity index is 1590. The van der Waals surface area contributed by atoms with E-state index in [0.717, 1.165) is 70.6 Å². The first-order valence-corrected chi connectivity index (χ1v) is 35.3. The predicted molar refractivity (Wildman–Crippen MR) is 355 cm³/mol. The Morgan fingerprint density at radius 3 is 1.16 bits per heavy atom. The summed E-state index contributed by atoms with van der Waals surface area (Å²) in [6.45, 7) is 3.68. The molecule has 9 nitrogen and oxygen atoms in total. The largest absolute Gasteiger partial charge is 0.394 e. The van der Waals surface area contributed by atoms with Gasteiger partial charge in [-0.1, -0.05) is 324 Å². The van der Waals surface area contributed by atoms with E-state index in [1.54, 1.807) is 6.08 Å². The van der Waals surface area contributed by atoms with Crippen molar-refractivity contribution in [2.75, 3.05) is 13.2 Å². The van der Waals surface area contributed by atoms with Crippen LogP contribution in [0.4, 0.5) is 0 Å². The molecule has 0 bridgehead atoms. The maximum atomic E-state index is 13.1. The number of ether oxygens (including phenoxy) is 2. The van der Waals surface area contributed by atoms with Gasteiger partial charge in [-0.3, -0.25) is 4.79 Å². The van der Waals surface area contributed by atoms with Crippen LogP contribution in [-0.4, -0.2) is 87.5 Å². The van der Waals surface area contributed by atoms with Crippen molar-refractivity contribution >= 4 is 5.91 Å². The van der Waals surface area contributed by atoms with Gasteiger partial charge >= 0.3 is 0 Å². The fraction of sp³-hybridized carbons (Fsp3) is 0.797. The molecule has 6 N–H and O–H groups in total. The zero-order valence-corrected chi connectivity index (χ0v) is 53.9. The number of amides is 1. The van der Waals surface area contributed by atoms with Crippen LogP contribution in [0, 0.1) is 0 Å². The summed E-state index contributed by atoms with van der Waals surface area (Å²) in [6.07, 6.45) is 82.8. The van der Waals surface area contributed by atoms with Crippen LogP contribution >= 0.6 is 0 Å². The molecule has 1 fully saturated rings. The molecule has 0 radical (unpaired) electrons. The number of carbonyl (C=O) groups excluding carboxylic acids is 1. The molecule has 1 rings (SSSR count). The Morgan fingerprint density at radius 2 is 0.759 bits per heavy atom. The smallest absolute Gasteiger partial charge is 0.220 e. The molecular weight excluding hydrogens is 1030 g/mol. The van der Waals surface area contributed by atoms with Crippen molar-refractivity contribution in [2.24, 2.45) is 0 Å². The van der Waals surface area contributed by atoms with Crippen molar-refractivity contribution in [2.45, 2.75) is 365 Å². The number of nitrogens with one attached hydrogen (secondary N) is 1. The average Bonchev–Trinajstić information content (AvgIpc) is 3.61. The van der Waals surface area contributed by atoms with Crippen molar-refractivity contribution in [3.63, 3.8) is 0 Å². The fourth-order valence-corrected chi connectivity index (χ4v) is 11.0. The quantitative estimate of drug-likeness (QED) is 0.0261. The van der Waals surface area contributed by atoms with E-state index in [1.807, 2.05) is 6.08 Å². The number of carbonyl (C=O) groups is 1. The Hall–Kier alpha value is -2.63. The topological polar surface area (TPSA) is 149 Å². The molecule has 0 aromatic carbocycles. The van der Waals surface area contributed by atoms with Gasteiger partial charge in [-0.2, -0.15) is 0 Å². The van der Waals surface area contributed by atoms with E-state index >= 15 is 0 Å². The van der Waals surface area contributed by atoms with Gasteiger partial charge in [0.15, 0.2) is 6.29 Å². The maximum absolute atomic E-state index is 13.1. The summed E-state index contributed by atoms with van der Waals surface area (Å²) >= 11 is 0. The maximum Gasteiger partial charge on any atom is 0.220 e. The zero-order chi connectivity index (χ0) is 60.0. The number of aliphatic hydroxyl groups is 5. The lowest BCUT2D eigenvalue weighted by molar-refractivity contribution is -0.302. The molecule has 83 heavy (non-hydrogen) atoms. The third-order valence-corrected chi connectivity index (χ3v) is 16.5. The molecule has 1 aliphatic rings. The molecular formula is C74H133NO8. The lowest BCUT2D eigenvalue weighted by Crippen LogP contribution is -2.60. The zero-order valence-electron chi connectivity index (χ0n) is 53.9. The second kappa shape index (κ2) is 62.4. The van der Waals surface area contributed by atoms with Crippen molar-refractivity contribution in [3.8, 4) is 0 Å². The summed E-state index contributed by atoms with van der Waals surface area (Å²) in [5.41, 5.74) is 0. The van der Waals surface area contributed by atoms with Crippen LogP contribution in [0.15, 0.2) is 85.1 Å². The van der Waals surface area contributed by atoms with Crippen molar-refractivity contribution in [1.29, 1.82) is 0 Å². The highest BCUT2D eigenvalue weighted by atomic mass is 16.7. The summed E-state index contributed by atoms with van der Waals surface area (Å²) < 4.78 is 11.3. The predicted octanol–water partition coefficient (Wildman–Crippen LogP) is 19.3. The van der Waals surface area contributed by atoms with E-state index in [9.17, 15) is 30.3 Å². The van der Waals surface area contributed by atoms with E-state index in [0.29, 0.717) is 6.42 Å². The summed E-state index contributed by atoms with van der Waals surface area (Å²) in [7, 11) is 0. The van der Waals surface area contributed by atoms with Gasteiger partial charge in [0.05, 0.1) is 25.4 Å². The summed E-state index contributed by atoms with van der Waals surface area (Å²) in [5.74, 6) is -0.182. The van der Waals surface area contributed by atoms with Gasteiger partial charge in [0.2, 0.25) is 5.91 Å². The molecule has 0 saturated carbocycles. The number of aliphatic hydroxyl groups excluding tert-OH is 5. The van der Waals surface area contributed by atoms with E-state index < -0.39 is 49.5 Å². The number of hydrogen-bond donors (Lipinski definition) is 6. The molecule has 0 aromatic rings. The van der Waals surface area contributed by atoms with Gasteiger partial charge in [-0.15, -0.1) is 0 Å². The molecule has 1 heterocycles. The fourth-order valence-electron chi connectivity index (χ4n) is 11.0. The van der Waals surface area contributed by atoms with E-state index in [2.05, 4.69) is 92.1 Å². The highest BCUT2D eigenvalue weighted by Gasteiger charge is 2.44. The highest BCUT2D eigenvalue weighted by Crippen LogP contribution is 2.23. The molecule has 7 unspecified atom stereocenters. The van der Waals surface area contributed by atoms with E-state index in [-0.39, 0.29) is 12.5 Å². The first kappa shape index (κ1) is 78.4. The van der Waals surface area contributed by atoms with E-state index in [4.69, 9.17) is 9.47 Å². The molecule has 1 aliphatic heterocycles. The normalized spacial score (nSPS) is 18.8. The third kappa shape index (κ3) is 51.2. The van der Waals surface area contributed by atoms with Gasteiger partial charge in [0.25, 0.3) is 0 Å². The summed E-state index contributed by atoms with van der Waals surface area (Å²) in [4.78, 5) is 13.1. The van der Waals surface area contributed by atoms with Gasteiger partial charge in [-0.05, 0) is 77.0 Å². The second-order valence-corrected chi connectivity index (χ2v) is 24.3. The van der Waals surface area contributed by atoms with Crippen LogP contribution in [0.2, 0.25) is 0 Å². The van der Waals surface area contributed by atoms with Crippen LogP contribution in [-0.2, 0) is 14.3 Å². The molecule has 9 heteroatoms. The highest BCUT2D eigenvalue weighted by molar-refractivity contribution is 5.76. The minimum absolute atomic E-state index is 0.182. The van der Waals surface area contributed by atoms with Crippen LogP contribution in [0.5, 0.6) is 0 Å². The summed E-state index contributed by atoms with van der Waals surface area (Å²) in [6, 6.07) is -0.823. The number of unbranched alkanes of at least 4 members (excludes halogenated alkanes) is 39. The SMILES string of the molecule is CC/C=C\C/C=C\C/C=C\C/C=C\C/C=C\CCCCCCCCCCCCCCCCCCCCCCCCCCCC(=O)NC(COC1OC(CO)C(O)C(O)C1O)C(O)/C=C/CC/C=C/CCCCCCCCCCCCCCC. The van der Waals surface area contributed by atoms with Crippen molar-refractivity contribution < 1.29 is 39.8 Å². The minimum atomic E-state index is -1.57. The Kier molecular flexibility index (Phi) is 59.0. The number of rotatable bonds is 61. The number of allylic oxidation sites excluding steroid dienone is 13. The van der Waals surface area contributed by atoms with Gasteiger partial charge in [0, 0.05) is 6.42 Å². The Balaban J connectivity index is 2.06. The average molecular weight is 1160 g/mol. The summed E-state index contributed by atoms with van der Waals surface area (Å²) in [5, 5.41) is 54.7. The first-order chi connectivity index (χ1) is 40.8.